The minimum absolute atomic E-state index is 0.262. The summed E-state index contributed by atoms with van der Waals surface area (Å²) in [5.74, 6) is 0. The van der Waals surface area contributed by atoms with E-state index >= 15 is 0 Å². The molecule has 2 N–H and O–H groups in total. The Labute approximate surface area is 114 Å². The first-order chi connectivity index (χ1) is 8.49. The number of aromatic nitrogens is 2. The van der Waals surface area contributed by atoms with Crippen LogP contribution in [0.15, 0.2) is 0 Å². The second kappa shape index (κ2) is 5.19. The topological polar surface area (TPSA) is 47.1 Å². The predicted molar refractivity (Wildman–Crippen MR) is 74.7 cm³/mol. The maximum atomic E-state index is 6.34. The average molecular weight is 271 g/mol. The van der Waals surface area contributed by atoms with Gasteiger partial charge in [0.05, 0.1) is 16.4 Å². The highest BCUT2D eigenvalue weighted by molar-refractivity contribution is 6.31. The van der Waals surface area contributed by atoms with Crippen molar-refractivity contribution in [1.29, 1.82) is 0 Å². The van der Waals surface area contributed by atoms with Crippen LogP contribution < -0.4 is 5.73 Å². The second-order valence-electron chi connectivity index (χ2n) is 5.64. The van der Waals surface area contributed by atoms with Crippen molar-refractivity contribution in [3.63, 3.8) is 0 Å². The average Bonchev–Trinajstić information content (AvgIpc) is 2.86. The van der Waals surface area contributed by atoms with E-state index in [2.05, 4.69) is 23.8 Å². The third-order valence-electron chi connectivity index (χ3n) is 3.96. The van der Waals surface area contributed by atoms with Crippen molar-refractivity contribution in [1.82, 2.24) is 14.7 Å². The van der Waals surface area contributed by atoms with Gasteiger partial charge in [0.25, 0.3) is 0 Å². The van der Waals surface area contributed by atoms with Crippen LogP contribution in [0, 0.1) is 12.3 Å². The lowest BCUT2D eigenvalue weighted by atomic mass is 9.90. The van der Waals surface area contributed by atoms with E-state index in [-0.39, 0.29) is 5.41 Å². The Morgan fingerprint density at radius 3 is 2.78 bits per heavy atom. The van der Waals surface area contributed by atoms with Gasteiger partial charge in [0.1, 0.15) is 0 Å². The van der Waals surface area contributed by atoms with Crippen molar-refractivity contribution in [3.05, 3.63) is 16.4 Å². The lowest BCUT2D eigenvalue weighted by Crippen LogP contribution is -2.31. The van der Waals surface area contributed by atoms with E-state index in [0.717, 1.165) is 49.1 Å². The van der Waals surface area contributed by atoms with Crippen molar-refractivity contribution in [2.75, 3.05) is 19.6 Å². The minimum Gasteiger partial charge on any atom is -0.330 e. The van der Waals surface area contributed by atoms with Gasteiger partial charge < -0.3 is 5.73 Å². The first-order valence-corrected chi connectivity index (χ1v) is 7.01. The van der Waals surface area contributed by atoms with Crippen molar-refractivity contribution < 1.29 is 0 Å². The zero-order valence-electron chi connectivity index (χ0n) is 11.5. The molecule has 1 aromatic rings. The zero-order chi connectivity index (χ0) is 13.3. The highest BCUT2D eigenvalue weighted by Gasteiger charge is 2.33. The maximum Gasteiger partial charge on any atom is 0.0860 e. The van der Waals surface area contributed by atoms with E-state index in [1.165, 1.54) is 6.42 Å². The molecule has 2 rings (SSSR count). The Balaban J connectivity index is 2.11. The van der Waals surface area contributed by atoms with E-state index in [4.69, 9.17) is 17.3 Å². The standard InChI is InChI=1S/C13H23ClN4/c1-4-18-11(12(14)10(2)16-18)7-17-6-5-13(3,8-15)9-17/h4-9,15H2,1-3H3. The van der Waals surface area contributed by atoms with Gasteiger partial charge in [-0.3, -0.25) is 9.58 Å². The quantitative estimate of drug-likeness (QED) is 0.911. The van der Waals surface area contributed by atoms with E-state index in [1.54, 1.807) is 0 Å². The predicted octanol–water partition coefficient (Wildman–Crippen LogP) is 2.04. The van der Waals surface area contributed by atoms with Crippen LogP contribution in [0.2, 0.25) is 5.02 Å². The SMILES string of the molecule is CCn1nc(C)c(Cl)c1CN1CCC(C)(CN)C1. The van der Waals surface area contributed by atoms with Gasteiger partial charge in [-0.1, -0.05) is 18.5 Å². The molecule has 0 amide bonds. The van der Waals surface area contributed by atoms with Crippen LogP contribution in [0.5, 0.6) is 0 Å². The van der Waals surface area contributed by atoms with Crippen molar-refractivity contribution in [3.8, 4) is 0 Å². The molecule has 5 heteroatoms. The van der Waals surface area contributed by atoms with E-state index in [0.29, 0.717) is 0 Å². The van der Waals surface area contributed by atoms with Crippen LogP contribution in [-0.4, -0.2) is 34.3 Å². The summed E-state index contributed by atoms with van der Waals surface area (Å²) >= 11 is 6.34. The van der Waals surface area contributed by atoms with Gasteiger partial charge in [-0.15, -0.1) is 0 Å². The number of nitrogens with zero attached hydrogens (tertiary/aromatic N) is 3. The summed E-state index contributed by atoms with van der Waals surface area (Å²) in [6, 6.07) is 0. The van der Waals surface area contributed by atoms with Crippen LogP contribution in [0.4, 0.5) is 0 Å². The molecule has 0 saturated carbocycles. The Kier molecular flexibility index (Phi) is 3.99. The number of halogens is 1. The number of aryl methyl sites for hydroxylation is 2. The molecule has 18 heavy (non-hydrogen) atoms. The maximum absolute atomic E-state index is 6.34. The molecule has 1 unspecified atom stereocenters. The summed E-state index contributed by atoms with van der Waals surface area (Å²) in [6.45, 7) is 11.0. The molecule has 4 nitrogen and oxygen atoms in total. The molecule has 0 aliphatic carbocycles. The molecule has 1 aromatic heterocycles. The molecule has 0 radical (unpaired) electrons. The van der Waals surface area contributed by atoms with Crippen molar-refractivity contribution in [2.45, 2.75) is 40.3 Å². The summed E-state index contributed by atoms with van der Waals surface area (Å²) in [4.78, 5) is 2.43. The van der Waals surface area contributed by atoms with Crippen molar-refractivity contribution in [2.24, 2.45) is 11.1 Å². The molecule has 1 atom stereocenters. The molecule has 1 fully saturated rings. The first-order valence-electron chi connectivity index (χ1n) is 6.63. The summed E-state index contributed by atoms with van der Waals surface area (Å²) in [7, 11) is 0. The molecular formula is C13H23ClN4. The van der Waals surface area contributed by atoms with E-state index in [1.807, 2.05) is 11.6 Å². The van der Waals surface area contributed by atoms with Gasteiger partial charge in [0, 0.05) is 19.6 Å². The number of hydrogen-bond donors (Lipinski definition) is 1. The zero-order valence-corrected chi connectivity index (χ0v) is 12.3. The summed E-state index contributed by atoms with van der Waals surface area (Å²) in [5.41, 5.74) is 8.17. The number of nitrogens with two attached hydrogens (primary N) is 1. The summed E-state index contributed by atoms with van der Waals surface area (Å²) in [5, 5.41) is 5.28. The van der Waals surface area contributed by atoms with Crippen LogP contribution in [0.1, 0.15) is 31.7 Å². The van der Waals surface area contributed by atoms with Gasteiger partial charge in [-0.05, 0) is 38.8 Å². The molecule has 1 aliphatic heterocycles. The van der Waals surface area contributed by atoms with Gasteiger partial charge in [0.2, 0.25) is 0 Å². The largest absolute Gasteiger partial charge is 0.330 e. The highest BCUT2D eigenvalue weighted by Crippen LogP contribution is 2.31. The molecule has 0 bridgehead atoms. The molecular weight excluding hydrogens is 248 g/mol. The lowest BCUT2D eigenvalue weighted by Gasteiger charge is -2.22. The first kappa shape index (κ1) is 13.8. The van der Waals surface area contributed by atoms with Crippen LogP contribution in [-0.2, 0) is 13.1 Å². The second-order valence-corrected chi connectivity index (χ2v) is 6.02. The number of rotatable bonds is 4. The lowest BCUT2D eigenvalue weighted by molar-refractivity contribution is 0.268. The Morgan fingerprint density at radius 2 is 2.22 bits per heavy atom. The van der Waals surface area contributed by atoms with Gasteiger partial charge >= 0.3 is 0 Å². The van der Waals surface area contributed by atoms with Crippen LogP contribution in [0.3, 0.4) is 0 Å². The molecule has 0 spiro atoms. The van der Waals surface area contributed by atoms with Crippen LogP contribution >= 0.6 is 11.6 Å². The van der Waals surface area contributed by atoms with Crippen molar-refractivity contribution >= 4 is 11.6 Å². The molecule has 2 heterocycles. The number of hydrogen-bond acceptors (Lipinski definition) is 3. The van der Waals surface area contributed by atoms with E-state index < -0.39 is 0 Å². The molecule has 1 saturated heterocycles. The van der Waals surface area contributed by atoms with Gasteiger partial charge in [-0.2, -0.15) is 5.10 Å². The Bertz CT molecular complexity index is 429. The fourth-order valence-electron chi connectivity index (χ4n) is 2.66. The van der Waals surface area contributed by atoms with E-state index in [9.17, 15) is 0 Å². The Hall–Kier alpha value is -0.580. The summed E-state index contributed by atoms with van der Waals surface area (Å²) < 4.78 is 2.01. The monoisotopic (exact) mass is 270 g/mol. The molecule has 0 aromatic carbocycles. The number of likely N-dealkylation sites (tertiary alicyclic amines) is 1. The fraction of sp³-hybridized carbons (Fsp3) is 0.769. The smallest absolute Gasteiger partial charge is 0.0860 e. The van der Waals surface area contributed by atoms with Gasteiger partial charge in [0.15, 0.2) is 0 Å². The minimum atomic E-state index is 0.262. The Morgan fingerprint density at radius 1 is 1.50 bits per heavy atom. The van der Waals surface area contributed by atoms with Gasteiger partial charge in [-0.25, -0.2) is 0 Å². The third-order valence-corrected chi connectivity index (χ3v) is 4.45. The fourth-order valence-corrected chi connectivity index (χ4v) is 2.85. The summed E-state index contributed by atoms with van der Waals surface area (Å²) in [6.07, 6.45) is 1.17. The third kappa shape index (κ3) is 2.56. The highest BCUT2D eigenvalue weighted by atomic mass is 35.5. The molecule has 102 valence electrons. The van der Waals surface area contributed by atoms with Crippen LogP contribution in [0.25, 0.3) is 0 Å². The normalized spacial score (nSPS) is 24.9. The molecule has 1 aliphatic rings.